The van der Waals surface area contributed by atoms with Crippen molar-refractivity contribution in [1.29, 1.82) is 0 Å². The summed E-state index contributed by atoms with van der Waals surface area (Å²) in [5.41, 5.74) is 9.11. The second-order valence-corrected chi connectivity index (χ2v) is 5.02. The molecule has 0 aliphatic heterocycles. The van der Waals surface area contributed by atoms with Crippen molar-refractivity contribution < 1.29 is 4.74 Å². The average Bonchev–Trinajstić information content (AvgIpc) is 2.35. The van der Waals surface area contributed by atoms with Crippen LogP contribution in [0.25, 0.3) is 0 Å². The van der Waals surface area contributed by atoms with E-state index in [4.69, 9.17) is 10.5 Å². The van der Waals surface area contributed by atoms with Gasteiger partial charge in [0, 0.05) is 11.7 Å². The molecule has 2 rings (SSSR count). The van der Waals surface area contributed by atoms with E-state index in [1.165, 1.54) is 5.56 Å². The summed E-state index contributed by atoms with van der Waals surface area (Å²) >= 11 is 0. The lowest BCUT2D eigenvalue weighted by Gasteiger charge is -2.12. The van der Waals surface area contributed by atoms with Crippen LogP contribution in [0.5, 0.6) is 11.5 Å². The number of aromatic nitrogens is 1. The van der Waals surface area contributed by atoms with Gasteiger partial charge in [0.25, 0.3) is 0 Å². The fourth-order valence-electron chi connectivity index (χ4n) is 1.89. The van der Waals surface area contributed by atoms with E-state index < -0.39 is 0 Å². The highest BCUT2D eigenvalue weighted by atomic mass is 16.5. The summed E-state index contributed by atoms with van der Waals surface area (Å²) in [6.07, 6.45) is 2.59. The molecule has 2 N–H and O–H groups in total. The second-order valence-electron chi connectivity index (χ2n) is 5.02. The number of ether oxygens (including phenoxy) is 1. The summed E-state index contributed by atoms with van der Waals surface area (Å²) in [6.45, 7) is 6.00. The number of hydrogen-bond donors (Lipinski definition) is 1. The molecule has 3 nitrogen and oxygen atoms in total. The van der Waals surface area contributed by atoms with Crippen LogP contribution < -0.4 is 10.5 Å². The zero-order valence-corrected chi connectivity index (χ0v) is 11.7. The smallest absolute Gasteiger partial charge is 0.145 e. The van der Waals surface area contributed by atoms with E-state index in [9.17, 15) is 0 Å². The van der Waals surface area contributed by atoms with Gasteiger partial charge < -0.3 is 10.5 Å². The van der Waals surface area contributed by atoms with Crippen molar-refractivity contribution in [2.45, 2.75) is 33.2 Å². The molecule has 0 fully saturated rings. The van der Waals surface area contributed by atoms with Crippen LogP contribution in [-0.2, 0) is 6.42 Å². The Morgan fingerprint density at radius 2 is 2.00 bits per heavy atom. The van der Waals surface area contributed by atoms with Crippen molar-refractivity contribution in [1.82, 2.24) is 4.98 Å². The summed E-state index contributed by atoms with van der Waals surface area (Å²) in [5.74, 6) is 1.62. The van der Waals surface area contributed by atoms with Crippen LogP contribution in [0, 0.1) is 13.8 Å². The van der Waals surface area contributed by atoms with E-state index in [1.54, 1.807) is 6.20 Å². The highest BCUT2D eigenvalue weighted by molar-refractivity contribution is 5.40. The molecule has 1 aromatic carbocycles. The summed E-state index contributed by atoms with van der Waals surface area (Å²) < 4.78 is 5.88. The van der Waals surface area contributed by atoms with Crippen molar-refractivity contribution in [3.63, 3.8) is 0 Å². The van der Waals surface area contributed by atoms with Crippen molar-refractivity contribution in [2.75, 3.05) is 0 Å². The minimum Gasteiger partial charge on any atom is -0.455 e. The first-order valence-electron chi connectivity index (χ1n) is 6.50. The quantitative estimate of drug-likeness (QED) is 0.912. The summed E-state index contributed by atoms with van der Waals surface area (Å²) in [7, 11) is 0. The number of rotatable bonds is 4. The SMILES string of the molecule is Cc1ccc(Oc2cc(CC(C)N)ccc2C)cn1. The predicted molar refractivity (Wildman–Crippen MR) is 77.6 cm³/mol. The Morgan fingerprint density at radius 1 is 1.21 bits per heavy atom. The molecular formula is C16H20N2O. The van der Waals surface area contributed by atoms with Gasteiger partial charge in [-0.2, -0.15) is 0 Å². The van der Waals surface area contributed by atoms with Crippen molar-refractivity contribution in [3.05, 3.63) is 53.3 Å². The van der Waals surface area contributed by atoms with E-state index in [-0.39, 0.29) is 6.04 Å². The molecule has 100 valence electrons. The maximum absolute atomic E-state index is 5.88. The Balaban J connectivity index is 2.21. The van der Waals surface area contributed by atoms with Gasteiger partial charge in [-0.1, -0.05) is 12.1 Å². The lowest BCUT2D eigenvalue weighted by Crippen LogP contribution is -2.17. The molecule has 1 aromatic heterocycles. The summed E-state index contributed by atoms with van der Waals surface area (Å²) in [4.78, 5) is 4.23. The molecule has 0 aliphatic carbocycles. The number of pyridine rings is 1. The molecule has 1 heterocycles. The highest BCUT2D eigenvalue weighted by Crippen LogP contribution is 2.26. The van der Waals surface area contributed by atoms with E-state index in [2.05, 4.69) is 23.2 Å². The molecule has 1 atom stereocenters. The molecule has 0 aliphatic rings. The summed E-state index contributed by atoms with van der Waals surface area (Å²) in [6, 6.07) is 10.2. The third-order valence-corrected chi connectivity index (χ3v) is 2.92. The first kappa shape index (κ1) is 13.6. The fourth-order valence-corrected chi connectivity index (χ4v) is 1.89. The van der Waals surface area contributed by atoms with Crippen molar-refractivity contribution in [2.24, 2.45) is 5.73 Å². The molecule has 0 saturated heterocycles. The second kappa shape index (κ2) is 5.85. The highest BCUT2D eigenvalue weighted by Gasteiger charge is 2.05. The van der Waals surface area contributed by atoms with E-state index in [1.807, 2.05) is 32.9 Å². The molecule has 19 heavy (non-hydrogen) atoms. The molecule has 1 unspecified atom stereocenters. The van der Waals surface area contributed by atoms with Crippen LogP contribution in [0.2, 0.25) is 0 Å². The predicted octanol–water partition coefficient (Wildman–Crippen LogP) is 3.38. The lowest BCUT2D eigenvalue weighted by atomic mass is 10.1. The first-order valence-corrected chi connectivity index (χ1v) is 6.50. The van der Waals surface area contributed by atoms with Gasteiger partial charge in [0.2, 0.25) is 0 Å². The number of nitrogens with zero attached hydrogens (tertiary/aromatic N) is 1. The lowest BCUT2D eigenvalue weighted by molar-refractivity contribution is 0.475. The van der Waals surface area contributed by atoms with Crippen LogP contribution in [0.1, 0.15) is 23.7 Å². The Bertz CT molecular complexity index is 547. The average molecular weight is 256 g/mol. The summed E-state index contributed by atoms with van der Waals surface area (Å²) in [5, 5.41) is 0. The normalized spacial score (nSPS) is 12.2. The Morgan fingerprint density at radius 3 is 2.63 bits per heavy atom. The van der Waals surface area contributed by atoms with E-state index in [0.717, 1.165) is 29.2 Å². The molecule has 0 bridgehead atoms. The van der Waals surface area contributed by atoms with Crippen LogP contribution >= 0.6 is 0 Å². The third kappa shape index (κ3) is 3.80. The van der Waals surface area contributed by atoms with Crippen molar-refractivity contribution in [3.8, 4) is 11.5 Å². The third-order valence-electron chi connectivity index (χ3n) is 2.92. The zero-order chi connectivity index (χ0) is 13.8. The Hall–Kier alpha value is -1.87. The van der Waals surface area contributed by atoms with Gasteiger partial charge >= 0.3 is 0 Å². The molecule has 0 saturated carbocycles. The Kier molecular flexibility index (Phi) is 4.17. The largest absolute Gasteiger partial charge is 0.455 e. The van der Waals surface area contributed by atoms with Gasteiger partial charge in [-0.25, -0.2) is 0 Å². The molecule has 3 heteroatoms. The van der Waals surface area contributed by atoms with E-state index >= 15 is 0 Å². The number of nitrogens with two attached hydrogens (primary N) is 1. The Labute approximate surface area is 114 Å². The van der Waals surface area contributed by atoms with Crippen LogP contribution in [0.15, 0.2) is 36.5 Å². The number of aryl methyl sites for hydroxylation is 2. The maximum Gasteiger partial charge on any atom is 0.145 e. The molecule has 2 aromatic rings. The molecule has 0 amide bonds. The van der Waals surface area contributed by atoms with E-state index in [0.29, 0.717) is 0 Å². The van der Waals surface area contributed by atoms with Gasteiger partial charge in [-0.05, 0) is 56.5 Å². The van der Waals surface area contributed by atoms with Gasteiger partial charge in [0.15, 0.2) is 0 Å². The van der Waals surface area contributed by atoms with Gasteiger partial charge in [-0.15, -0.1) is 0 Å². The van der Waals surface area contributed by atoms with Crippen molar-refractivity contribution >= 4 is 0 Å². The zero-order valence-electron chi connectivity index (χ0n) is 11.7. The number of hydrogen-bond acceptors (Lipinski definition) is 3. The molecular weight excluding hydrogens is 236 g/mol. The molecule has 0 radical (unpaired) electrons. The van der Waals surface area contributed by atoms with Crippen LogP contribution in [0.3, 0.4) is 0 Å². The fraction of sp³-hybridized carbons (Fsp3) is 0.312. The minimum atomic E-state index is 0.150. The first-order chi connectivity index (χ1) is 9.04. The topological polar surface area (TPSA) is 48.1 Å². The minimum absolute atomic E-state index is 0.150. The monoisotopic (exact) mass is 256 g/mol. The van der Waals surface area contributed by atoms with Crippen LogP contribution in [-0.4, -0.2) is 11.0 Å². The number of benzene rings is 1. The maximum atomic E-state index is 5.88. The van der Waals surface area contributed by atoms with Gasteiger partial charge in [0.05, 0.1) is 6.20 Å². The van der Waals surface area contributed by atoms with Gasteiger partial charge in [0.1, 0.15) is 11.5 Å². The van der Waals surface area contributed by atoms with Crippen LogP contribution in [0.4, 0.5) is 0 Å². The van der Waals surface area contributed by atoms with Gasteiger partial charge in [-0.3, -0.25) is 4.98 Å². The molecule has 0 spiro atoms. The standard InChI is InChI=1S/C16H20N2O/c1-11-4-6-14(8-12(2)17)9-16(11)19-15-7-5-13(3)18-10-15/h4-7,9-10,12H,8,17H2,1-3H3.